The number of nitrogens with one attached hydrogen (secondary N) is 1. The van der Waals surface area contributed by atoms with Crippen molar-refractivity contribution in [1.29, 1.82) is 0 Å². The summed E-state index contributed by atoms with van der Waals surface area (Å²) in [5.41, 5.74) is 0.598. The van der Waals surface area contributed by atoms with Gasteiger partial charge in [-0.3, -0.25) is 4.79 Å². The number of amides is 1. The van der Waals surface area contributed by atoms with Crippen molar-refractivity contribution in [2.24, 2.45) is 0 Å². The van der Waals surface area contributed by atoms with E-state index in [2.05, 4.69) is 11.9 Å². The van der Waals surface area contributed by atoms with Gasteiger partial charge in [-0.25, -0.2) is 4.79 Å². The summed E-state index contributed by atoms with van der Waals surface area (Å²) in [5, 5.41) is 3.08. The number of allylic oxidation sites excluding steroid dienone is 1. The first-order chi connectivity index (χ1) is 10.6. The second kappa shape index (κ2) is 6.91. The molecule has 1 amide bonds. The third-order valence-corrected chi connectivity index (χ3v) is 2.93. The fourth-order valence-corrected chi connectivity index (χ4v) is 2.07. The lowest BCUT2D eigenvalue weighted by atomic mass is 10.1. The minimum absolute atomic E-state index is 0.0282. The van der Waals surface area contributed by atoms with E-state index in [9.17, 15) is 9.59 Å². The summed E-state index contributed by atoms with van der Waals surface area (Å²) < 4.78 is 15.8. The molecule has 0 saturated heterocycles. The average Bonchev–Trinajstić information content (AvgIpc) is 2.47. The monoisotopic (exact) mass is 303 g/mol. The molecular formula is C16H17NO5. The molecule has 0 spiro atoms. The van der Waals surface area contributed by atoms with E-state index in [1.807, 2.05) is 6.07 Å². The molecule has 116 valence electrons. The van der Waals surface area contributed by atoms with E-state index in [1.165, 1.54) is 14.0 Å². The number of benzene rings is 1. The number of rotatable bonds is 6. The van der Waals surface area contributed by atoms with Crippen LogP contribution in [0.3, 0.4) is 0 Å². The quantitative estimate of drug-likeness (QED) is 0.504. The molecule has 0 saturated carbocycles. The first-order valence-corrected chi connectivity index (χ1v) is 6.66. The highest BCUT2D eigenvalue weighted by molar-refractivity contribution is 5.92. The van der Waals surface area contributed by atoms with Crippen molar-refractivity contribution in [2.45, 2.75) is 13.3 Å². The van der Waals surface area contributed by atoms with Gasteiger partial charge in [-0.1, -0.05) is 18.2 Å². The van der Waals surface area contributed by atoms with Crippen LogP contribution in [0.5, 0.6) is 5.75 Å². The standard InChI is InChI=1S/C16H17NO5/c1-4-5-11-6-7-12-8-13(17-10(2)18)16(19)22-15(12)14(11)21-9-20-3/h4,6-8H,1,5,9H2,2-3H3,(H,17,18). The van der Waals surface area contributed by atoms with Crippen molar-refractivity contribution >= 4 is 22.6 Å². The molecule has 0 unspecified atom stereocenters. The van der Waals surface area contributed by atoms with Crippen molar-refractivity contribution in [3.8, 4) is 5.75 Å². The SMILES string of the molecule is C=CCc1ccc2cc(NC(C)=O)c(=O)oc2c1OCOC. The zero-order valence-corrected chi connectivity index (χ0v) is 12.5. The molecule has 2 aromatic rings. The van der Waals surface area contributed by atoms with Crippen LogP contribution in [-0.2, 0) is 16.0 Å². The Morgan fingerprint density at radius 3 is 2.86 bits per heavy atom. The van der Waals surface area contributed by atoms with Gasteiger partial charge in [0, 0.05) is 25.0 Å². The van der Waals surface area contributed by atoms with Gasteiger partial charge < -0.3 is 19.2 Å². The molecule has 0 bridgehead atoms. The lowest BCUT2D eigenvalue weighted by molar-refractivity contribution is -0.114. The molecule has 1 aromatic carbocycles. The highest BCUT2D eigenvalue weighted by atomic mass is 16.7. The van der Waals surface area contributed by atoms with Crippen LogP contribution in [0.1, 0.15) is 12.5 Å². The molecule has 0 atom stereocenters. The van der Waals surface area contributed by atoms with Crippen LogP contribution in [0.2, 0.25) is 0 Å². The molecule has 22 heavy (non-hydrogen) atoms. The molecule has 6 nitrogen and oxygen atoms in total. The molecule has 1 heterocycles. The molecule has 0 aliphatic carbocycles. The van der Waals surface area contributed by atoms with E-state index in [-0.39, 0.29) is 18.4 Å². The Labute approximate surface area is 127 Å². The predicted octanol–water partition coefficient (Wildman–Crippen LogP) is 2.46. The van der Waals surface area contributed by atoms with E-state index in [1.54, 1.807) is 18.2 Å². The maximum Gasteiger partial charge on any atom is 0.360 e. The molecule has 0 fully saturated rings. The van der Waals surface area contributed by atoms with Crippen LogP contribution in [0.4, 0.5) is 5.69 Å². The van der Waals surface area contributed by atoms with Gasteiger partial charge in [-0.05, 0) is 12.5 Å². The summed E-state index contributed by atoms with van der Waals surface area (Å²) >= 11 is 0. The first kappa shape index (κ1) is 15.8. The summed E-state index contributed by atoms with van der Waals surface area (Å²) in [6.45, 7) is 5.05. The zero-order valence-electron chi connectivity index (χ0n) is 12.5. The fourth-order valence-electron chi connectivity index (χ4n) is 2.07. The van der Waals surface area contributed by atoms with Gasteiger partial charge in [0.25, 0.3) is 0 Å². The second-order valence-corrected chi connectivity index (χ2v) is 4.64. The van der Waals surface area contributed by atoms with Crippen molar-refractivity contribution in [3.05, 3.63) is 46.8 Å². The van der Waals surface area contributed by atoms with Crippen molar-refractivity contribution in [1.82, 2.24) is 0 Å². The summed E-state index contributed by atoms with van der Waals surface area (Å²) in [7, 11) is 1.50. The highest BCUT2D eigenvalue weighted by Gasteiger charge is 2.14. The van der Waals surface area contributed by atoms with Crippen molar-refractivity contribution in [2.75, 3.05) is 19.2 Å². The minimum atomic E-state index is -0.638. The Bertz CT molecular complexity index is 763. The predicted molar refractivity (Wildman–Crippen MR) is 83.2 cm³/mol. The molecule has 0 aliphatic rings. The van der Waals surface area contributed by atoms with Crippen molar-refractivity contribution < 1.29 is 18.7 Å². The third-order valence-electron chi connectivity index (χ3n) is 2.93. The van der Waals surface area contributed by atoms with Crippen LogP contribution >= 0.6 is 0 Å². The van der Waals surface area contributed by atoms with E-state index in [0.717, 1.165) is 5.56 Å². The Balaban J connectivity index is 2.61. The third kappa shape index (κ3) is 3.35. The van der Waals surface area contributed by atoms with E-state index in [4.69, 9.17) is 13.9 Å². The van der Waals surface area contributed by atoms with Gasteiger partial charge in [0.1, 0.15) is 5.69 Å². The molecular weight excluding hydrogens is 286 g/mol. The number of carbonyl (C=O) groups excluding carboxylic acids is 1. The maximum absolute atomic E-state index is 12.0. The van der Waals surface area contributed by atoms with E-state index < -0.39 is 5.63 Å². The summed E-state index contributed by atoms with van der Waals surface area (Å²) in [5.74, 6) is 0.0940. The number of ether oxygens (including phenoxy) is 2. The van der Waals surface area contributed by atoms with Gasteiger partial charge in [-0.15, -0.1) is 6.58 Å². The molecule has 1 N–H and O–H groups in total. The lowest BCUT2D eigenvalue weighted by Gasteiger charge is -2.12. The van der Waals surface area contributed by atoms with Gasteiger partial charge in [-0.2, -0.15) is 0 Å². The molecule has 0 radical (unpaired) electrons. The Kier molecular flexibility index (Phi) is 4.95. The molecule has 2 rings (SSSR count). The summed E-state index contributed by atoms with van der Waals surface area (Å²) in [6.07, 6.45) is 2.29. The number of methoxy groups -OCH3 is 1. The van der Waals surface area contributed by atoms with Crippen LogP contribution in [-0.4, -0.2) is 19.8 Å². The Morgan fingerprint density at radius 2 is 2.23 bits per heavy atom. The van der Waals surface area contributed by atoms with Gasteiger partial charge in [0.05, 0.1) is 0 Å². The molecule has 6 heteroatoms. The van der Waals surface area contributed by atoms with Gasteiger partial charge in [0.2, 0.25) is 5.91 Å². The topological polar surface area (TPSA) is 77.8 Å². The summed E-state index contributed by atoms with van der Waals surface area (Å²) in [4.78, 5) is 23.1. The van der Waals surface area contributed by atoms with Crippen LogP contribution in [0, 0.1) is 0 Å². The number of hydrogen-bond acceptors (Lipinski definition) is 5. The fraction of sp³-hybridized carbons (Fsp3) is 0.250. The number of fused-ring (bicyclic) bond motifs is 1. The van der Waals surface area contributed by atoms with Gasteiger partial charge in [0.15, 0.2) is 18.1 Å². The molecule has 1 aromatic heterocycles. The smallest absolute Gasteiger partial charge is 0.360 e. The highest BCUT2D eigenvalue weighted by Crippen LogP contribution is 2.31. The second-order valence-electron chi connectivity index (χ2n) is 4.64. The van der Waals surface area contributed by atoms with Gasteiger partial charge >= 0.3 is 5.63 Å². The number of anilines is 1. The lowest BCUT2D eigenvalue weighted by Crippen LogP contribution is -2.14. The van der Waals surface area contributed by atoms with Crippen molar-refractivity contribution in [3.63, 3.8) is 0 Å². The largest absolute Gasteiger partial charge is 0.463 e. The number of hydrogen-bond donors (Lipinski definition) is 1. The van der Waals surface area contributed by atoms with Crippen LogP contribution in [0.25, 0.3) is 11.0 Å². The first-order valence-electron chi connectivity index (χ1n) is 6.66. The van der Waals surface area contributed by atoms with E-state index >= 15 is 0 Å². The normalized spacial score (nSPS) is 10.5. The minimum Gasteiger partial charge on any atom is -0.463 e. The number of carbonyl (C=O) groups is 1. The average molecular weight is 303 g/mol. The van der Waals surface area contributed by atoms with Crippen LogP contribution < -0.4 is 15.7 Å². The molecule has 0 aliphatic heterocycles. The van der Waals surface area contributed by atoms with E-state index in [0.29, 0.717) is 23.1 Å². The van der Waals surface area contributed by atoms with Crippen LogP contribution in [0.15, 0.2) is 40.1 Å². The maximum atomic E-state index is 12.0. The summed E-state index contributed by atoms with van der Waals surface area (Å²) in [6, 6.07) is 5.20. The Hall–Kier alpha value is -2.60. The zero-order chi connectivity index (χ0) is 16.1. The Morgan fingerprint density at radius 1 is 1.45 bits per heavy atom.